The van der Waals surface area contributed by atoms with Gasteiger partial charge >= 0.3 is 51.4 Å². The van der Waals surface area contributed by atoms with E-state index in [0.29, 0.717) is 5.92 Å². The first-order valence-electron chi connectivity index (χ1n) is 8.88. The van der Waals surface area contributed by atoms with Crippen LogP contribution in [0.15, 0.2) is 0 Å². The fraction of sp³-hybridized carbons (Fsp3) is 0.944. The van der Waals surface area contributed by atoms with Crippen molar-refractivity contribution in [2.45, 2.75) is 66.7 Å². The molecule has 0 saturated carbocycles. The third-order valence-corrected chi connectivity index (χ3v) is 3.37. The number of nitrogens with two attached hydrogens (primary N) is 1. The number of carbonyl (C=O) groups excluding carboxylic acids is 1. The summed E-state index contributed by atoms with van der Waals surface area (Å²) in [5.41, 5.74) is 4.85. The number of nitrogens with zero attached hydrogens (tertiary/aromatic N) is 1. The Morgan fingerprint density at radius 1 is 1.12 bits per heavy atom. The number of nitrogens with one attached hydrogen (secondary N) is 1. The second-order valence-electron chi connectivity index (χ2n) is 5.64. The molecule has 0 aromatic heterocycles. The van der Waals surface area contributed by atoms with Crippen LogP contribution in [-0.4, -0.2) is 55.5 Å². The van der Waals surface area contributed by atoms with Crippen molar-refractivity contribution in [3.63, 3.8) is 0 Å². The first-order valence-corrected chi connectivity index (χ1v) is 9.25. The van der Waals surface area contributed by atoms with E-state index in [0.717, 1.165) is 45.2 Å². The van der Waals surface area contributed by atoms with Gasteiger partial charge in [0.05, 0.1) is 0 Å². The topological polar surface area (TPSA) is 78.6 Å². The molecule has 7 heteroatoms. The maximum atomic E-state index is 10.5. The SMILES string of the molecule is C.CCCCCC(C=O)CCC.CCN.CN1CCNCC1.O[S-].[K+]. The number of carbonyl (C=O) groups is 1. The van der Waals surface area contributed by atoms with E-state index in [1.165, 1.54) is 32.4 Å². The largest absolute Gasteiger partial charge is 1.00 e. The molecule has 1 atom stereocenters. The standard InChI is InChI=1S/C10H20O.C5H12N2.C2H7N.CH4.K.H2OS/c1-3-5-6-8-10(9-11)7-4-2;1-7-4-2-6-3-5-7;1-2-3;;;1-2/h9-10H,3-8H2,1-2H3;6H,2-5H2,1H3;2-3H2,1H3;1H4;;1-2H/q;;;;+1;/p-1. The quantitative estimate of drug-likeness (QED) is 0.245. The molecule has 0 bridgehead atoms. The molecule has 0 aromatic rings. The third-order valence-electron chi connectivity index (χ3n) is 3.37. The Labute approximate surface area is 206 Å². The molecule has 5 nitrogen and oxygen atoms in total. The molecule has 1 rings (SSSR count). The molecule has 1 unspecified atom stereocenters. The summed E-state index contributed by atoms with van der Waals surface area (Å²) in [4.78, 5) is 12.8. The van der Waals surface area contributed by atoms with Gasteiger partial charge in [0.2, 0.25) is 0 Å². The van der Waals surface area contributed by atoms with Gasteiger partial charge in [0.25, 0.3) is 0 Å². The number of aldehydes is 1. The van der Waals surface area contributed by atoms with Crippen LogP contribution < -0.4 is 62.4 Å². The Kier molecular flexibility index (Phi) is 54.3. The van der Waals surface area contributed by atoms with Crippen LogP contribution in [0.5, 0.6) is 0 Å². The predicted molar refractivity (Wildman–Crippen MR) is 110 cm³/mol. The summed E-state index contributed by atoms with van der Waals surface area (Å²) in [5, 5.41) is 3.27. The molecule has 0 aliphatic carbocycles. The Morgan fingerprint density at radius 2 is 1.60 bits per heavy atom. The monoisotopic (exact) mass is 405 g/mol. The van der Waals surface area contributed by atoms with Crippen molar-refractivity contribution >= 4 is 19.2 Å². The van der Waals surface area contributed by atoms with Crippen LogP contribution in [0.3, 0.4) is 0 Å². The van der Waals surface area contributed by atoms with Crippen LogP contribution in [0.25, 0.3) is 0 Å². The Bertz CT molecular complexity index is 211. The van der Waals surface area contributed by atoms with Crippen molar-refractivity contribution in [3.05, 3.63) is 0 Å². The molecule has 1 fully saturated rings. The van der Waals surface area contributed by atoms with Crippen LogP contribution in [0.1, 0.15) is 66.7 Å². The van der Waals surface area contributed by atoms with E-state index in [1.54, 1.807) is 0 Å². The molecule has 0 aromatic carbocycles. The maximum Gasteiger partial charge on any atom is 1.00 e. The molecule has 150 valence electrons. The van der Waals surface area contributed by atoms with Crippen LogP contribution in [0.4, 0.5) is 0 Å². The van der Waals surface area contributed by atoms with Crippen molar-refractivity contribution < 1.29 is 60.7 Å². The smallest absolute Gasteiger partial charge is 0.628 e. The molecule has 1 aliphatic rings. The average Bonchev–Trinajstić information content (AvgIpc) is 2.58. The van der Waals surface area contributed by atoms with Gasteiger partial charge in [-0.3, -0.25) is 0 Å². The normalized spacial score (nSPS) is 13.7. The fourth-order valence-electron chi connectivity index (χ4n) is 2.08. The number of unbranched alkanes of at least 4 members (excludes halogenated alkanes) is 2. The first kappa shape index (κ1) is 37.3. The fourth-order valence-corrected chi connectivity index (χ4v) is 2.08. The molecule has 0 radical (unpaired) electrons. The third kappa shape index (κ3) is 37.0. The minimum absolute atomic E-state index is 0. The summed E-state index contributed by atoms with van der Waals surface area (Å²) in [5.74, 6) is 0.339. The minimum atomic E-state index is 0. The molecule has 1 saturated heterocycles. The first-order chi connectivity index (χ1) is 11.2. The van der Waals surface area contributed by atoms with Crippen molar-refractivity contribution in [1.82, 2.24) is 10.2 Å². The van der Waals surface area contributed by atoms with Gasteiger partial charge in [-0.1, -0.05) is 53.9 Å². The zero-order chi connectivity index (χ0) is 18.3. The number of hydrogen-bond acceptors (Lipinski definition) is 6. The minimum Gasteiger partial charge on any atom is -0.628 e. The molecule has 0 spiro atoms. The average molecular weight is 406 g/mol. The summed E-state index contributed by atoms with van der Waals surface area (Å²) in [6, 6.07) is 0. The van der Waals surface area contributed by atoms with Crippen LogP contribution in [0.2, 0.25) is 0 Å². The molecule has 1 heterocycles. The molecular formula is C18H44KN3O2S. The molecule has 25 heavy (non-hydrogen) atoms. The van der Waals surface area contributed by atoms with Crippen LogP contribution in [-0.2, 0) is 17.7 Å². The van der Waals surface area contributed by atoms with Crippen LogP contribution >= 0.6 is 0 Å². The van der Waals surface area contributed by atoms with Gasteiger partial charge in [0.15, 0.2) is 0 Å². The van der Waals surface area contributed by atoms with E-state index in [-0.39, 0.29) is 58.8 Å². The van der Waals surface area contributed by atoms with Crippen LogP contribution in [0, 0.1) is 5.92 Å². The maximum absolute atomic E-state index is 10.5. The van der Waals surface area contributed by atoms with E-state index in [9.17, 15) is 4.79 Å². The summed E-state index contributed by atoms with van der Waals surface area (Å²) in [6.45, 7) is 11.7. The second kappa shape index (κ2) is 36.4. The van der Waals surface area contributed by atoms with Gasteiger partial charge in [0, 0.05) is 32.1 Å². The summed E-state index contributed by atoms with van der Waals surface area (Å²) in [7, 11) is 2.15. The number of hydrogen-bond donors (Lipinski definition) is 3. The van der Waals surface area contributed by atoms with Crippen molar-refractivity contribution in [2.24, 2.45) is 11.7 Å². The number of piperazine rings is 1. The van der Waals surface area contributed by atoms with E-state index in [1.807, 2.05) is 6.92 Å². The van der Waals surface area contributed by atoms with Gasteiger partial charge in [-0.2, -0.15) is 0 Å². The van der Waals surface area contributed by atoms with Crippen molar-refractivity contribution in [3.8, 4) is 0 Å². The molecule has 4 N–H and O–H groups in total. The zero-order valence-corrected chi connectivity index (χ0v) is 20.7. The van der Waals surface area contributed by atoms with Gasteiger partial charge in [-0.15, -0.1) is 0 Å². The van der Waals surface area contributed by atoms with E-state index < -0.39 is 0 Å². The summed E-state index contributed by atoms with van der Waals surface area (Å²) >= 11 is 3.08. The summed E-state index contributed by atoms with van der Waals surface area (Å²) in [6.07, 6.45) is 8.18. The molecule has 1 aliphatic heterocycles. The summed E-state index contributed by atoms with van der Waals surface area (Å²) < 4.78 is 6.58. The second-order valence-corrected chi connectivity index (χ2v) is 5.64. The van der Waals surface area contributed by atoms with E-state index in [4.69, 9.17) is 10.3 Å². The van der Waals surface area contributed by atoms with Gasteiger partial charge in [-0.25, -0.2) is 0 Å². The van der Waals surface area contributed by atoms with E-state index >= 15 is 0 Å². The van der Waals surface area contributed by atoms with Gasteiger partial charge in [-0.05, 0) is 26.4 Å². The Morgan fingerprint density at radius 3 is 1.88 bits per heavy atom. The Hall–Kier alpha value is 1.50. The number of likely N-dealkylation sites (N-methyl/N-ethyl adjacent to an activating group) is 1. The predicted octanol–water partition coefficient (Wildman–Crippen LogP) is 0.315. The van der Waals surface area contributed by atoms with Crippen molar-refractivity contribution in [2.75, 3.05) is 39.8 Å². The number of rotatable bonds is 7. The van der Waals surface area contributed by atoms with E-state index in [2.05, 4.69) is 44.0 Å². The zero-order valence-electron chi connectivity index (χ0n) is 16.7. The Balaban J connectivity index is -0.0000000825. The van der Waals surface area contributed by atoms with Gasteiger partial charge in [0.1, 0.15) is 6.29 Å². The van der Waals surface area contributed by atoms with Gasteiger partial charge < -0.3 is 38.2 Å². The van der Waals surface area contributed by atoms with Crippen molar-refractivity contribution in [1.29, 1.82) is 0 Å². The molecule has 0 amide bonds. The molecular weight excluding hydrogens is 361 g/mol.